The lowest BCUT2D eigenvalue weighted by molar-refractivity contribution is -0.478. The van der Waals surface area contributed by atoms with Gasteiger partial charge in [0.1, 0.15) is 0 Å². The molecule has 2 radical (unpaired) electrons. The van der Waals surface area contributed by atoms with Crippen molar-refractivity contribution in [3.8, 4) is 0 Å². The Balaban J connectivity index is 1.54. The van der Waals surface area contributed by atoms with E-state index in [0.29, 0.717) is 18.5 Å². The van der Waals surface area contributed by atoms with Gasteiger partial charge in [-0.1, -0.05) is 11.6 Å². The van der Waals surface area contributed by atoms with Crippen molar-refractivity contribution in [2.75, 3.05) is 27.2 Å². The number of likely N-dealkylation sites (tertiary alicyclic amines) is 1. The highest BCUT2D eigenvalue weighted by Gasteiger charge is 2.48. The Morgan fingerprint density at radius 3 is 2.72 bits per heavy atom. The molecule has 0 aromatic carbocycles. The number of pyridine rings is 1. The maximum atomic E-state index is 13.4. The third kappa shape index (κ3) is 3.33. The fraction of sp³-hybridized carbons (Fsp3) is 0.364. The van der Waals surface area contributed by atoms with Crippen LogP contribution in [-0.2, 0) is 6.18 Å². The first-order valence-corrected chi connectivity index (χ1v) is 10.2. The van der Waals surface area contributed by atoms with Crippen LogP contribution in [0.5, 0.6) is 0 Å². The molecule has 2 aliphatic heterocycles. The Kier molecular flexibility index (Phi) is 4.74. The van der Waals surface area contributed by atoms with Gasteiger partial charge in [-0.3, -0.25) is 8.97 Å². The van der Waals surface area contributed by atoms with Crippen LogP contribution < -0.4 is 5.69 Å². The monoisotopic (exact) mass is 443 g/mol. The number of aromatic nitrogens is 2. The first-order chi connectivity index (χ1) is 15.2. The topological polar surface area (TPSA) is 57.4 Å². The SMILES string of the molecule is CN1CC(C[C]2N=NC=[N+]2C)(C2=CC(n3cc4c(C(F)(F)F)cccn4c3=O)=C[CH]C2)C1. The van der Waals surface area contributed by atoms with Crippen molar-refractivity contribution in [1.82, 2.24) is 13.9 Å². The fourth-order valence-corrected chi connectivity index (χ4v) is 4.83. The summed E-state index contributed by atoms with van der Waals surface area (Å²) in [5.41, 5.74) is -0.000141. The van der Waals surface area contributed by atoms with Gasteiger partial charge in [-0.25, -0.2) is 9.37 Å². The molecule has 7 nitrogen and oxygen atoms in total. The van der Waals surface area contributed by atoms with Gasteiger partial charge >= 0.3 is 24.4 Å². The summed E-state index contributed by atoms with van der Waals surface area (Å²) in [5.74, 6) is 0. The molecule has 5 rings (SSSR count). The van der Waals surface area contributed by atoms with Gasteiger partial charge in [-0.2, -0.15) is 13.2 Å². The number of fused-ring (bicyclic) bond motifs is 1. The van der Waals surface area contributed by atoms with Crippen LogP contribution in [0, 0.1) is 18.0 Å². The molecule has 0 amide bonds. The number of nitrogens with zero attached hydrogens (tertiary/aromatic N) is 6. The zero-order valence-corrected chi connectivity index (χ0v) is 17.7. The second kappa shape index (κ2) is 7.26. The summed E-state index contributed by atoms with van der Waals surface area (Å²) in [4.78, 5) is 15.2. The van der Waals surface area contributed by atoms with Crippen molar-refractivity contribution in [1.29, 1.82) is 0 Å². The molecule has 166 valence electrons. The second-order valence-electron chi connectivity index (χ2n) is 8.64. The van der Waals surface area contributed by atoms with Crippen LogP contribution in [-0.4, -0.2) is 52.0 Å². The molecule has 1 aliphatic carbocycles. The lowest BCUT2D eigenvalue weighted by atomic mass is 9.67. The summed E-state index contributed by atoms with van der Waals surface area (Å²) in [5, 5.41) is 8.21. The molecular formula is C22H22F3N6O+. The zero-order chi connectivity index (χ0) is 22.7. The number of alkyl halides is 3. The molecule has 0 bridgehead atoms. The Bertz CT molecular complexity index is 1260. The van der Waals surface area contributed by atoms with Crippen molar-refractivity contribution < 1.29 is 17.7 Å². The standard InChI is InChI=1S/C22H22F3N6O/c1-28-12-21(13-28,10-19-27-26-14-29(19)2)15-5-3-6-16(9-15)31-11-18-17(22(23,24)25)7-4-8-30(18)20(31)32/h3-4,6-9,11,14H,5,10,12-13H2,1-2H3/q+1. The largest absolute Gasteiger partial charge is 0.418 e. The van der Waals surface area contributed by atoms with E-state index in [9.17, 15) is 18.0 Å². The zero-order valence-electron chi connectivity index (χ0n) is 17.7. The van der Waals surface area contributed by atoms with E-state index in [-0.39, 0.29) is 10.9 Å². The van der Waals surface area contributed by atoms with Crippen LogP contribution in [0.2, 0.25) is 0 Å². The van der Waals surface area contributed by atoms with Crippen LogP contribution >= 0.6 is 0 Å². The molecule has 4 heterocycles. The first kappa shape index (κ1) is 20.9. The van der Waals surface area contributed by atoms with Crippen molar-refractivity contribution >= 4 is 17.6 Å². The molecule has 1 saturated heterocycles. The number of azo groups is 1. The molecule has 0 unspecified atom stereocenters. The number of imidazole rings is 1. The minimum Gasteiger partial charge on any atom is -0.305 e. The van der Waals surface area contributed by atoms with Crippen LogP contribution in [0.15, 0.2) is 57.3 Å². The highest BCUT2D eigenvalue weighted by molar-refractivity contribution is 5.66. The van der Waals surface area contributed by atoms with E-state index in [4.69, 9.17) is 0 Å². The predicted octanol–water partition coefficient (Wildman–Crippen LogP) is 3.44. The smallest absolute Gasteiger partial charge is 0.305 e. The molecule has 2 aromatic rings. The highest BCUT2D eigenvalue weighted by atomic mass is 19.4. The van der Waals surface area contributed by atoms with Gasteiger partial charge in [0.2, 0.25) is 0 Å². The predicted molar refractivity (Wildman–Crippen MR) is 113 cm³/mol. The molecule has 0 N–H and O–H groups in total. The maximum Gasteiger partial charge on any atom is 0.418 e. The average Bonchev–Trinajstić information content (AvgIpc) is 3.29. The summed E-state index contributed by atoms with van der Waals surface area (Å²) in [6, 6.07) is 2.23. The minimum absolute atomic E-state index is 0.161. The fourth-order valence-electron chi connectivity index (χ4n) is 4.83. The van der Waals surface area contributed by atoms with Crippen molar-refractivity contribution in [2.24, 2.45) is 15.6 Å². The number of allylic oxidation sites excluding steroid dienone is 3. The summed E-state index contributed by atoms with van der Waals surface area (Å²) in [6.45, 7) is 1.66. The average molecular weight is 443 g/mol. The van der Waals surface area contributed by atoms with Gasteiger partial charge in [0.05, 0.1) is 23.2 Å². The van der Waals surface area contributed by atoms with E-state index in [1.807, 2.05) is 31.2 Å². The van der Waals surface area contributed by atoms with E-state index in [2.05, 4.69) is 15.1 Å². The lowest BCUT2D eigenvalue weighted by Crippen LogP contribution is -2.56. The van der Waals surface area contributed by atoms with E-state index < -0.39 is 17.4 Å². The Morgan fingerprint density at radius 2 is 2.06 bits per heavy atom. The van der Waals surface area contributed by atoms with Gasteiger partial charge in [-0.15, -0.1) is 0 Å². The van der Waals surface area contributed by atoms with Gasteiger partial charge < -0.3 is 4.90 Å². The van der Waals surface area contributed by atoms with Gasteiger partial charge in [0.15, 0.2) is 0 Å². The van der Waals surface area contributed by atoms with E-state index in [1.54, 1.807) is 12.4 Å². The van der Waals surface area contributed by atoms with Gasteiger partial charge in [0.25, 0.3) is 0 Å². The molecule has 0 saturated carbocycles. The molecule has 32 heavy (non-hydrogen) atoms. The number of hydrogen-bond donors (Lipinski definition) is 0. The second-order valence-corrected chi connectivity index (χ2v) is 8.64. The third-order valence-electron chi connectivity index (χ3n) is 6.36. The number of hydrogen-bond acceptors (Lipinski definition) is 4. The molecule has 1 fully saturated rings. The van der Waals surface area contributed by atoms with Crippen LogP contribution in [0.4, 0.5) is 13.2 Å². The lowest BCUT2D eigenvalue weighted by Gasteiger charge is -2.51. The Morgan fingerprint density at radius 1 is 1.28 bits per heavy atom. The van der Waals surface area contributed by atoms with Crippen LogP contribution in [0.1, 0.15) is 18.4 Å². The first-order valence-electron chi connectivity index (χ1n) is 10.2. The van der Waals surface area contributed by atoms with E-state index in [1.165, 1.54) is 23.0 Å². The highest BCUT2D eigenvalue weighted by Crippen LogP contribution is 2.47. The summed E-state index contributed by atoms with van der Waals surface area (Å²) in [7, 11) is 3.95. The molecule has 0 spiro atoms. The summed E-state index contributed by atoms with van der Waals surface area (Å²) in [6.07, 6.45) is 7.73. The van der Waals surface area contributed by atoms with Crippen LogP contribution in [0.25, 0.3) is 11.2 Å². The number of rotatable bonds is 4. The van der Waals surface area contributed by atoms with Gasteiger partial charge in [0, 0.05) is 43.0 Å². The molecule has 0 atom stereocenters. The van der Waals surface area contributed by atoms with E-state index >= 15 is 0 Å². The molecule has 10 heteroatoms. The van der Waals surface area contributed by atoms with Crippen molar-refractivity contribution in [3.63, 3.8) is 0 Å². The van der Waals surface area contributed by atoms with Crippen molar-refractivity contribution in [3.05, 3.63) is 70.9 Å². The Labute approximate surface area is 182 Å². The molecular weight excluding hydrogens is 421 g/mol. The molecule has 2 aromatic heterocycles. The third-order valence-corrected chi connectivity index (χ3v) is 6.36. The van der Waals surface area contributed by atoms with Crippen LogP contribution in [0.3, 0.4) is 0 Å². The van der Waals surface area contributed by atoms with Gasteiger partial charge in [-0.05, 0) is 43.2 Å². The van der Waals surface area contributed by atoms with E-state index in [0.717, 1.165) is 35.3 Å². The quantitative estimate of drug-likeness (QED) is 0.680. The minimum atomic E-state index is -4.55. The molecule has 3 aliphatic rings. The maximum absolute atomic E-state index is 13.4. The normalized spacial score (nSPS) is 21.5. The van der Waals surface area contributed by atoms with Crippen molar-refractivity contribution in [2.45, 2.75) is 19.0 Å². The summed E-state index contributed by atoms with van der Waals surface area (Å²) < 4.78 is 44.6. The summed E-state index contributed by atoms with van der Waals surface area (Å²) >= 11 is 0. The number of halogens is 3. The Hall–Kier alpha value is -3.01.